The van der Waals surface area contributed by atoms with Gasteiger partial charge in [0.1, 0.15) is 17.4 Å². The Hall–Kier alpha value is -2.07. The summed E-state index contributed by atoms with van der Waals surface area (Å²) in [4.78, 5) is 4.23. The number of aryl methyl sites for hydroxylation is 2. The van der Waals surface area contributed by atoms with Gasteiger partial charge >= 0.3 is 7.12 Å². The molecule has 0 unspecified atom stereocenters. The zero-order chi connectivity index (χ0) is 15.9. The van der Waals surface area contributed by atoms with E-state index in [9.17, 15) is 10.3 Å². The molecule has 3 rings (SSSR count). The highest BCUT2D eigenvalue weighted by Crippen LogP contribution is 2.30. The molecule has 0 amide bonds. The first-order valence-corrected chi connectivity index (χ1v) is 7.05. The summed E-state index contributed by atoms with van der Waals surface area (Å²) in [5.41, 5.74) is 3.28. The number of nitrogens with zero attached hydrogens (tertiary/aromatic N) is 2. The Morgan fingerprint density at radius 1 is 1.41 bits per heavy atom. The van der Waals surface area contributed by atoms with Crippen LogP contribution in [-0.4, -0.2) is 17.1 Å². The number of ether oxygens (including phenoxy) is 1. The highest BCUT2D eigenvalue weighted by atomic mass is 35.5. The van der Waals surface area contributed by atoms with E-state index in [1.165, 1.54) is 6.07 Å². The van der Waals surface area contributed by atoms with Crippen LogP contribution in [0.2, 0.25) is 5.02 Å². The van der Waals surface area contributed by atoms with Crippen molar-refractivity contribution in [3.8, 4) is 17.7 Å². The molecule has 0 saturated carbocycles. The fourth-order valence-electron chi connectivity index (χ4n) is 2.30. The number of aromatic nitrogens is 1. The standard InChI is InChI=1S/C15H12BClN2O3/c1-8-3-12-11(7-21-16(12)20)5-14(8)22-15-10(6-18)4-13(17)9(2)19-15/h3-5,20H,7H2,1-2H3. The Kier molecular flexibility index (Phi) is 3.79. The lowest BCUT2D eigenvalue weighted by Gasteiger charge is -2.12. The number of benzene rings is 1. The molecule has 2 heterocycles. The first kappa shape index (κ1) is 14.9. The number of hydrogen-bond acceptors (Lipinski definition) is 5. The monoisotopic (exact) mass is 314 g/mol. The van der Waals surface area contributed by atoms with Crippen molar-refractivity contribution >= 4 is 24.2 Å². The summed E-state index contributed by atoms with van der Waals surface area (Å²) >= 11 is 5.98. The SMILES string of the molecule is Cc1cc2c(cc1Oc1nc(C)c(Cl)cc1C#N)COB2O. The Labute approximate surface area is 133 Å². The third-order valence-corrected chi connectivity index (χ3v) is 3.93. The Balaban J connectivity index is 2.01. The zero-order valence-electron chi connectivity index (χ0n) is 12.1. The maximum atomic E-state index is 9.70. The van der Waals surface area contributed by atoms with E-state index in [0.717, 1.165) is 16.6 Å². The van der Waals surface area contributed by atoms with Crippen LogP contribution in [0.3, 0.4) is 0 Å². The fourth-order valence-corrected chi connectivity index (χ4v) is 2.45. The maximum absolute atomic E-state index is 9.70. The second kappa shape index (κ2) is 5.62. The molecular formula is C15H12BClN2O3. The summed E-state index contributed by atoms with van der Waals surface area (Å²) < 4.78 is 11.0. The van der Waals surface area contributed by atoms with Crippen LogP contribution in [0.4, 0.5) is 0 Å². The number of rotatable bonds is 2. The predicted octanol–water partition coefficient (Wildman–Crippen LogP) is 2.23. The summed E-state index contributed by atoms with van der Waals surface area (Å²) in [5.74, 6) is 0.786. The van der Waals surface area contributed by atoms with E-state index < -0.39 is 7.12 Å². The third kappa shape index (κ3) is 2.55. The minimum atomic E-state index is -0.895. The van der Waals surface area contributed by atoms with Crippen LogP contribution < -0.4 is 10.2 Å². The molecule has 0 fully saturated rings. The molecule has 1 N–H and O–H groups in total. The number of hydrogen-bond donors (Lipinski definition) is 1. The minimum absolute atomic E-state index is 0.215. The molecule has 5 nitrogen and oxygen atoms in total. The molecule has 1 aliphatic rings. The lowest BCUT2D eigenvalue weighted by Crippen LogP contribution is -2.28. The van der Waals surface area contributed by atoms with Crippen molar-refractivity contribution in [2.45, 2.75) is 20.5 Å². The third-order valence-electron chi connectivity index (χ3n) is 3.54. The molecule has 2 aromatic rings. The number of nitriles is 1. The lowest BCUT2D eigenvalue weighted by molar-refractivity contribution is 0.275. The van der Waals surface area contributed by atoms with Crippen molar-refractivity contribution in [3.63, 3.8) is 0 Å². The van der Waals surface area contributed by atoms with E-state index in [-0.39, 0.29) is 11.4 Å². The van der Waals surface area contributed by atoms with E-state index >= 15 is 0 Å². The Morgan fingerprint density at radius 2 is 2.18 bits per heavy atom. The maximum Gasteiger partial charge on any atom is 0.491 e. The summed E-state index contributed by atoms with van der Waals surface area (Å²) in [6.45, 7) is 3.93. The van der Waals surface area contributed by atoms with Gasteiger partial charge in [0.05, 0.1) is 17.3 Å². The van der Waals surface area contributed by atoms with Gasteiger partial charge in [-0.15, -0.1) is 0 Å². The van der Waals surface area contributed by atoms with Gasteiger partial charge < -0.3 is 14.4 Å². The first-order chi connectivity index (χ1) is 10.5. The molecule has 1 aromatic carbocycles. The van der Waals surface area contributed by atoms with Gasteiger partial charge in [0.15, 0.2) is 0 Å². The number of pyridine rings is 1. The van der Waals surface area contributed by atoms with Crippen molar-refractivity contribution in [2.24, 2.45) is 0 Å². The van der Waals surface area contributed by atoms with E-state index in [1.807, 2.05) is 19.1 Å². The molecule has 0 spiro atoms. The molecule has 0 saturated heterocycles. The van der Waals surface area contributed by atoms with E-state index in [0.29, 0.717) is 23.1 Å². The highest BCUT2D eigenvalue weighted by Gasteiger charge is 2.28. The van der Waals surface area contributed by atoms with E-state index in [1.54, 1.807) is 13.0 Å². The van der Waals surface area contributed by atoms with Gasteiger partial charge in [0.25, 0.3) is 0 Å². The minimum Gasteiger partial charge on any atom is -0.437 e. The summed E-state index contributed by atoms with van der Waals surface area (Å²) in [7, 11) is -0.895. The molecule has 0 radical (unpaired) electrons. The van der Waals surface area contributed by atoms with Crippen molar-refractivity contribution < 1.29 is 14.4 Å². The average Bonchev–Trinajstić information content (AvgIpc) is 2.84. The molecule has 1 aliphatic heterocycles. The van der Waals surface area contributed by atoms with Gasteiger partial charge in [-0.25, -0.2) is 4.98 Å². The van der Waals surface area contributed by atoms with Crippen LogP contribution in [-0.2, 0) is 11.3 Å². The molecular weight excluding hydrogens is 302 g/mol. The predicted molar refractivity (Wildman–Crippen MR) is 82.3 cm³/mol. The van der Waals surface area contributed by atoms with E-state index in [4.69, 9.17) is 21.0 Å². The summed E-state index contributed by atoms with van der Waals surface area (Å²) in [6.07, 6.45) is 0. The fraction of sp³-hybridized carbons (Fsp3) is 0.200. The van der Waals surface area contributed by atoms with Crippen LogP contribution in [0.5, 0.6) is 11.6 Å². The van der Waals surface area contributed by atoms with Gasteiger partial charge in [-0.3, -0.25) is 0 Å². The molecule has 1 aromatic heterocycles. The Bertz CT molecular complexity index is 804. The van der Waals surface area contributed by atoms with Gasteiger partial charge in [-0.05, 0) is 42.6 Å². The molecule has 0 atom stereocenters. The highest BCUT2D eigenvalue weighted by molar-refractivity contribution is 6.61. The van der Waals surface area contributed by atoms with E-state index in [2.05, 4.69) is 4.98 Å². The van der Waals surface area contributed by atoms with Crippen LogP contribution in [0.25, 0.3) is 0 Å². The van der Waals surface area contributed by atoms with Gasteiger partial charge in [0, 0.05) is 0 Å². The van der Waals surface area contributed by atoms with Crippen LogP contribution in [0, 0.1) is 25.2 Å². The second-order valence-corrected chi connectivity index (χ2v) is 5.51. The normalized spacial score (nSPS) is 13.0. The van der Waals surface area contributed by atoms with Crippen LogP contribution >= 0.6 is 11.6 Å². The van der Waals surface area contributed by atoms with Crippen molar-refractivity contribution in [2.75, 3.05) is 0 Å². The quantitative estimate of drug-likeness (QED) is 0.860. The van der Waals surface area contributed by atoms with Gasteiger partial charge in [0.2, 0.25) is 5.88 Å². The van der Waals surface area contributed by atoms with Crippen LogP contribution in [0.15, 0.2) is 18.2 Å². The van der Waals surface area contributed by atoms with Crippen molar-refractivity contribution in [1.82, 2.24) is 4.98 Å². The Morgan fingerprint density at radius 3 is 2.91 bits per heavy atom. The van der Waals surface area contributed by atoms with Crippen molar-refractivity contribution in [3.05, 3.63) is 45.6 Å². The topological polar surface area (TPSA) is 75.4 Å². The summed E-state index contributed by atoms with van der Waals surface area (Å²) in [5, 5.41) is 19.3. The van der Waals surface area contributed by atoms with Gasteiger partial charge in [-0.1, -0.05) is 17.7 Å². The molecule has 0 bridgehead atoms. The number of halogens is 1. The van der Waals surface area contributed by atoms with Gasteiger partial charge in [-0.2, -0.15) is 5.26 Å². The average molecular weight is 315 g/mol. The zero-order valence-corrected chi connectivity index (χ0v) is 12.8. The smallest absolute Gasteiger partial charge is 0.437 e. The first-order valence-electron chi connectivity index (χ1n) is 6.67. The molecule has 7 heteroatoms. The molecule has 22 heavy (non-hydrogen) atoms. The lowest BCUT2D eigenvalue weighted by atomic mass is 9.79. The summed E-state index contributed by atoms with van der Waals surface area (Å²) in [6, 6.07) is 7.18. The molecule has 110 valence electrons. The van der Waals surface area contributed by atoms with Crippen LogP contribution in [0.1, 0.15) is 22.4 Å². The largest absolute Gasteiger partial charge is 0.491 e. The second-order valence-electron chi connectivity index (χ2n) is 5.10. The number of fused-ring (bicyclic) bond motifs is 1. The van der Waals surface area contributed by atoms with Crippen molar-refractivity contribution in [1.29, 1.82) is 5.26 Å². The molecule has 0 aliphatic carbocycles.